The van der Waals surface area contributed by atoms with E-state index < -0.39 is 0 Å². The first-order valence-corrected chi connectivity index (χ1v) is 9.42. The van der Waals surface area contributed by atoms with Gasteiger partial charge in [0.05, 0.1) is 19.8 Å². The molecule has 1 aromatic heterocycles. The maximum Gasteiger partial charge on any atom is 0.220 e. The number of ether oxygens (including phenoxy) is 3. The average molecular weight is 372 g/mol. The molecule has 0 saturated heterocycles. The van der Waals surface area contributed by atoms with Crippen LogP contribution in [0.4, 0.5) is 0 Å². The average Bonchev–Trinajstić information content (AvgIpc) is 2.70. The molecule has 1 amide bonds. The molecule has 0 saturated carbocycles. The van der Waals surface area contributed by atoms with Gasteiger partial charge in [-0.05, 0) is 38.0 Å². The van der Waals surface area contributed by atoms with Gasteiger partial charge < -0.3 is 19.5 Å². The highest BCUT2D eigenvalue weighted by atomic mass is 16.5. The molecule has 0 atom stereocenters. The van der Waals surface area contributed by atoms with Crippen molar-refractivity contribution >= 4 is 5.91 Å². The Morgan fingerprint density at radius 2 is 1.78 bits per heavy atom. The molecule has 27 heavy (non-hydrogen) atoms. The number of carbonyl (C=O) groups excluding carboxylic acids is 1. The van der Waals surface area contributed by atoms with Gasteiger partial charge in [0.25, 0.3) is 0 Å². The summed E-state index contributed by atoms with van der Waals surface area (Å²) in [5.41, 5.74) is 0.876. The van der Waals surface area contributed by atoms with E-state index in [0.29, 0.717) is 50.8 Å². The molecule has 0 spiro atoms. The first kappa shape index (κ1) is 20.6. The highest BCUT2D eigenvalue weighted by Crippen LogP contribution is 2.26. The molecule has 0 aliphatic rings. The van der Waals surface area contributed by atoms with Gasteiger partial charge in [-0.1, -0.05) is 25.1 Å². The topological polar surface area (TPSA) is 69.7 Å². The van der Waals surface area contributed by atoms with E-state index in [4.69, 9.17) is 14.2 Å². The number of hydrogen-bond donors (Lipinski definition) is 1. The molecule has 2 rings (SSSR count). The predicted molar refractivity (Wildman–Crippen MR) is 104 cm³/mol. The van der Waals surface area contributed by atoms with Crippen LogP contribution in [0.2, 0.25) is 0 Å². The van der Waals surface area contributed by atoms with Crippen LogP contribution >= 0.6 is 0 Å². The van der Waals surface area contributed by atoms with Crippen LogP contribution in [0.3, 0.4) is 0 Å². The standard InChI is InChI=1S/C21H28N2O4/c1-3-14-27-21-17(9-7-13-22-21)16-23-20(24)12-8-15-26-19-11-6-5-10-18(19)25-4-2/h5-7,9-11,13H,3-4,8,12,14-16H2,1-2H3,(H,23,24). The van der Waals surface area contributed by atoms with E-state index in [9.17, 15) is 4.79 Å². The third kappa shape index (κ3) is 7.17. The third-order valence-electron chi connectivity index (χ3n) is 3.72. The molecule has 146 valence electrons. The zero-order valence-corrected chi connectivity index (χ0v) is 16.1. The summed E-state index contributed by atoms with van der Waals surface area (Å²) in [5.74, 6) is 1.98. The Morgan fingerprint density at radius 3 is 2.52 bits per heavy atom. The molecule has 6 heteroatoms. The molecule has 1 N–H and O–H groups in total. The summed E-state index contributed by atoms with van der Waals surface area (Å²) < 4.78 is 16.9. The summed E-state index contributed by atoms with van der Waals surface area (Å²) in [6.07, 6.45) is 3.61. The summed E-state index contributed by atoms with van der Waals surface area (Å²) in [4.78, 5) is 16.3. The van der Waals surface area contributed by atoms with Crippen molar-refractivity contribution in [2.75, 3.05) is 19.8 Å². The van der Waals surface area contributed by atoms with E-state index in [1.807, 2.05) is 50.2 Å². The number of nitrogens with zero attached hydrogens (tertiary/aromatic N) is 1. The first-order chi connectivity index (χ1) is 13.2. The molecule has 6 nitrogen and oxygen atoms in total. The Morgan fingerprint density at radius 1 is 1.00 bits per heavy atom. The number of benzene rings is 1. The van der Waals surface area contributed by atoms with Gasteiger partial charge in [0, 0.05) is 24.7 Å². The highest BCUT2D eigenvalue weighted by Gasteiger charge is 2.08. The second kappa shape index (κ2) is 11.8. The number of pyridine rings is 1. The van der Waals surface area contributed by atoms with Crippen LogP contribution in [0.25, 0.3) is 0 Å². The lowest BCUT2D eigenvalue weighted by Crippen LogP contribution is -2.23. The van der Waals surface area contributed by atoms with Crippen molar-refractivity contribution in [2.45, 2.75) is 39.7 Å². The number of aromatic nitrogens is 1. The lowest BCUT2D eigenvalue weighted by Gasteiger charge is -2.12. The van der Waals surface area contributed by atoms with Crippen LogP contribution in [0, 0.1) is 0 Å². The van der Waals surface area contributed by atoms with Crippen LogP contribution in [0.5, 0.6) is 17.4 Å². The normalized spacial score (nSPS) is 10.3. The molecule has 0 aliphatic heterocycles. The predicted octanol–water partition coefficient (Wildman–Crippen LogP) is 3.74. The maximum absolute atomic E-state index is 12.1. The molecule has 2 aromatic rings. The molecule has 1 heterocycles. The Kier molecular flexibility index (Phi) is 8.96. The zero-order valence-electron chi connectivity index (χ0n) is 16.1. The highest BCUT2D eigenvalue weighted by molar-refractivity contribution is 5.75. The number of para-hydroxylation sites is 2. The van der Waals surface area contributed by atoms with E-state index in [-0.39, 0.29) is 5.91 Å². The molecule has 0 bridgehead atoms. The lowest BCUT2D eigenvalue weighted by atomic mass is 10.2. The van der Waals surface area contributed by atoms with Crippen LogP contribution in [0.15, 0.2) is 42.6 Å². The summed E-state index contributed by atoms with van der Waals surface area (Å²) >= 11 is 0. The molecule has 0 radical (unpaired) electrons. The summed E-state index contributed by atoms with van der Waals surface area (Å²) in [7, 11) is 0. The number of nitrogens with one attached hydrogen (secondary N) is 1. The Hall–Kier alpha value is -2.76. The van der Waals surface area contributed by atoms with Crippen LogP contribution in [0.1, 0.15) is 38.7 Å². The third-order valence-corrected chi connectivity index (χ3v) is 3.72. The molecule has 0 fully saturated rings. The fourth-order valence-corrected chi connectivity index (χ4v) is 2.43. The van der Waals surface area contributed by atoms with Crippen molar-refractivity contribution in [1.82, 2.24) is 10.3 Å². The molecule has 1 aromatic carbocycles. The minimum atomic E-state index is -0.0259. The number of carbonyl (C=O) groups is 1. The fraction of sp³-hybridized carbons (Fsp3) is 0.429. The Labute approximate surface area is 160 Å². The van der Waals surface area contributed by atoms with Gasteiger partial charge in [-0.3, -0.25) is 4.79 Å². The minimum Gasteiger partial charge on any atom is -0.490 e. The lowest BCUT2D eigenvalue weighted by molar-refractivity contribution is -0.121. The van der Waals surface area contributed by atoms with Crippen molar-refractivity contribution in [2.24, 2.45) is 0 Å². The summed E-state index contributed by atoms with van der Waals surface area (Å²) in [6, 6.07) is 11.3. The van der Waals surface area contributed by atoms with Crippen LogP contribution < -0.4 is 19.5 Å². The Bertz CT molecular complexity index is 706. The number of rotatable bonds is 12. The molecule has 0 unspecified atom stereocenters. The first-order valence-electron chi connectivity index (χ1n) is 9.42. The monoisotopic (exact) mass is 372 g/mol. The van der Waals surface area contributed by atoms with Gasteiger partial charge in [0.15, 0.2) is 11.5 Å². The van der Waals surface area contributed by atoms with Gasteiger partial charge in [0.1, 0.15) is 0 Å². The van der Waals surface area contributed by atoms with Crippen molar-refractivity contribution in [3.05, 3.63) is 48.2 Å². The largest absolute Gasteiger partial charge is 0.490 e. The zero-order chi connectivity index (χ0) is 19.3. The number of amides is 1. The van der Waals surface area contributed by atoms with E-state index in [1.54, 1.807) is 6.20 Å². The van der Waals surface area contributed by atoms with Crippen molar-refractivity contribution in [3.8, 4) is 17.4 Å². The molecular weight excluding hydrogens is 344 g/mol. The number of hydrogen-bond acceptors (Lipinski definition) is 5. The van der Waals surface area contributed by atoms with Crippen molar-refractivity contribution in [3.63, 3.8) is 0 Å². The second-order valence-electron chi connectivity index (χ2n) is 5.92. The smallest absolute Gasteiger partial charge is 0.220 e. The van der Waals surface area contributed by atoms with Crippen LogP contribution in [-0.2, 0) is 11.3 Å². The van der Waals surface area contributed by atoms with Gasteiger partial charge >= 0.3 is 0 Å². The summed E-state index contributed by atoms with van der Waals surface area (Å²) in [6.45, 7) is 6.02. The van der Waals surface area contributed by atoms with Crippen LogP contribution in [-0.4, -0.2) is 30.7 Å². The van der Waals surface area contributed by atoms with Crippen molar-refractivity contribution in [1.29, 1.82) is 0 Å². The van der Waals surface area contributed by atoms with Gasteiger partial charge in [0.2, 0.25) is 11.8 Å². The van der Waals surface area contributed by atoms with E-state index >= 15 is 0 Å². The maximum atomic E-state index is 12.1. The van der Waals surface area contributed by atoms with E-state index in [2.05, 4.69) is 10.3 Å². The van der Waals surface area contributed by atoms with Gasteiger partial charge in [-0.15, -0.1) is 0 Å². The molecule has 0 aliphatic carbocycles. The van der Waals surface area contributed by atoms with Gasteiger partial charge in [-0.25, -0.2) is 4.98 Å². The quantitative estimate of drug-likeness (QED) is 0.575. The SMILES string of the molecule is CCCOc1ncccc1CNC(=O)CCCOc1ccccc1OCC. The van der Waals surface area contributed by atoms with Gasteiger partial charge in [-0.2, -0.15) is 0 Å². The Balaban J connectivity index is 1.71. The second-order valence-corrected chi connectivity index (χ2v) is 5.92. The minimum absolute atomic E-state index is 0.0259. The van der Waals surface area contributed by atoms with E-state index in [1.165, 1.54) is 0 Å². The summed E-state index contributed by atoms with van der Waals surface area (Å²) in [5, 5.41) is 2.91. The van der Waals surface area contributed by atoms with Crippen molar-refractivity contribution < 1.29 is 19.0 Å². The molecular formula is C21H28N2O4. The van der Waals surface area contributed by atoms with E-state index in [0.717, 1.165) is 17.7 Å². The fourth-order valence-electron chi connectivity index (χ4n) is 2.43.